The normalized spacial score (nSPS) is 11.3. The van der Waals surface area contributed by atoms with Crippen molar-refractivity contribution >= 4 is 11.9 Å². The second-order valence-corrected chi connectivity index (χ2v) is 4.18. The van der Waals surface area contributed by atoms with E-state index in [0.717, 1.165) is 0 Å². The molecule has 1 aromatic carbocycles. The van der Waals surface area contributed by atoms with Crippen molar-refractivity contribution in [3.63, 3.8) is 0 Å². The first-order valence-corrected chi connectivity index (χ1v) is 6.55. The highest BCUT2D eigenvalue weighted by atomic mass is 16.5. The minimum Gasteiger partial charge on any atom is -0.494 e. The van der Waals surface area contributed by atoms with Gasteiger partial charge in [-0.2, -0.15) is 0 Å². The van der Waals surface area contributed by atoms with Crippen LogP contribution < -0.4 is 14.8 Å². The molecule has 0 bridgehead atoms. The third kappa shape index (κ3) is 5.99. The fraction of sp³-hybridized carbons (Fsp3) is 0.333. The number of nitrogens with one attached hydrogen (secondary N) is 1. The number of carboxylic acid groups (broad SMARTS) is 1. The molecular formula is C15H19NO5. The Morgan fingerprint density at radius 1 is 1.29 bits per heavy atom. The number of aliphatic carboxylic acids is 1. The van der Waals surface area contributed by atoms with Gasteiger partial charge in [0.15, 0.2) is 6.61 Å². The molecule has 1 amide bonds. The van der Waals surface area contributed by atoms with E-state index in [-0.39, 0.29) is 13.0 Å². The minimum atomic E-state index is -1.11. The van der Waals surface area contributed by atoms with Crippen LogP contribution in [0.3, 0.4) is 0 Å². The van der Waals surface area contributed by atoms with E-state index in [1.807, 2.05) is 6.92 Å². The fourth-order valence-electron chi connectivity index (χ4n) is 1.57. The molecule has 0 spiro atoms. The Kier molecular flexibility index (Phi) is 6.80. The van der Waals surface area contributed by atoms with E-state index < -0.39 is 17.9 Å². The molecule has 6 heteroatoms. The van der Waals surface area contributed by atoms with Gasteiger partial charge in [0, 0.05) is 0 Å². The molecule has 21 heavy (non-hydrogen) atoms. The lowest BCUT2D eigenvalue weighted by atomic mass is 10.2. The predicted molar refractivity (Wildman–Crippen MR) is 77.5 cm³/mol. The fourth-order valence-corrected chi connectivity index (χ4v) is 1.57. The number of carbonyl (C=O) groups excluding carboxylic acids is 1. The largest absolute Gasteiger partial charge is 0.494 e. The van der Waals surface area contributed by atoms with Gasteiger partial charge in [-0.1, -0.05) is 6.08 Å². The topological polar surface area (TPSA) is 84.9 Å². The van der Waals surface area contributed by atoms with Crippen molar-refractivity contribution in [2.45, 2.75) is 19.4 Å². The van der Waals surface area contributed by atoms with E-state index >= 15 is 0 Å². The van der Waals surface area contributed by atoms with Gasteiger partial charge >= 0.3 is 5.97 Å². The average Bonchev–Trinajstić information content (AvgIpc) is 2.46. The van der Waals surface area contributed by atoms with Crippen LogP contribution in [0.5, 0.6) is 11.5 Å². The summed E-state index contributed by atoms with van der Waals surface area (Å²) < 4.78 is 10.6. The molecule has 0 heterocycles. The molecule has 1 aromatic rings. The maximum Gasteiger partial charge on any atom is 0.326 e. The molecule has 0 saturated heterocycles. The van der Waals surface area contributed by atoms with E-state index in [1.54, 1.807) is 24.3 Å². The zero-order chi connectivity index (χ0) is 15.7. The molecular weight excluding hydrogens is 274 g/mol. The van der Waals surface area contributed by atoms with Crippen LogP contribution in [0.4, 0.5) is 0 Å². The Morgan fingerprint density at radius 2 is 1.86 bits per heavy atom. The van der Waals surface area contributed by atoms with Crippen LogP contribution in [0.1, 0.15) is 13.3 Å². The number of carboxylic acids is 1. The maximum atomic E-state index is 11.6. The molecule has 0 aromatic heterocycles. The molecule has 1 rings (SSSR count). The van der Waals surface area contributed by atoms with E-state index in [2.05, 4.69) is 11.9 Å². The van der Waals surface area contributed by atoms with Gasteiger partial charge in [0.2, 0.25) is 0 Å². The molecule has 0 radical (unpaired) electrons. The molecule has 114 valence electrons. The van der Waals surface area contributed by atoms with Crippen molar-refractivity contribution in [3.05, 3.63) is 36.9 Å². The van der Waals surface area contributed by atoms with Crippen molar-refractivity contribution in [1.82, 2.24) is 5.32 Å². The summed E-state index contributed by atoms with van der Waals surface area (Å²) in [4.78, 5) is 22.5. The van der Waals surface area contributed by atoms with Gasteiger partial charge in [-0.15, -0.1) is 6.58 Å². The lowest BCUT2D eigenvalue weighted by Gasteiger charge is -2.13. The summed E-state index contributed by atoms with van der Waals surface area (Å²) in [5.74, 6) is -0.391. The summed E-state index contributed by atoms with van der Waals surface area (Å²) in [6.45, 7) is 5.65. The van der Waals surface area contributed by atoms with Crippen LogP contribution in [-0.4, -0.2) is 36.2 Å². The van der Waals surface area contributed by atoms with Gasteiger partial charge in [-0.25, -0.2) is 4.79 Å². The van der Waals surface area contributed by atoms with E-state index in [0.29, 0.717) is 18.1 Å². The highest BCUT2D eigenvalue weighted by Gasteiger charge is 2.18. The lowest BCUT2D eigenvalue weighted by Crippen LogP contribution is -2.42. The van der Waals surface area contributed by atoms with E-state index in [4.69, 9.17) is 14.6 Å². The zero-order valence-corrected chi connectivity index (χ0v) is 11.9. The lowest BCUT2D eigenvalue weighted by molar-refractivity contribution is -0.142. The molecule has 6 nitrogen and oxygen atoms in total. The van der Waals surface area contributed by atoms with Gasteiger partial charge in [0.25, 0.3) is 5.91 Å². The van der Waals surface area contributed by atoms with Crippen molar-refractivity contribution in [2.24, 2.45) is 0 Å². The third-order valence-corrected chi connectivity index (χ3v) is 2.54. The second kappa shape index (κ2) is 8.63. The highest BCUT2D eigenvalue weighted by Crippen LogP contribution is 2.17. The Hall–Kier alpha value is -2.50. The molecule has 0 fully saturated rings. The number of rotatable bonds is 9. The van der Waals surface area contributed by atoms with Crippen molar-refractivity contribution in [1.29, 1.82) is 0 Å². The number of hydrogen-bond donors (Lipinski definition) is 2. The summed E-state index contributed by atoms with van der Waals surface area (Å²) >= 11 is 0. The smallest absolute Gasteiger partial charge is 0.326 e. The maximum absolute atomic E-state index is 11.6. The van der Waals surface area contributed by atoms with Crippen LogP contribution in [0.2, 0.25) is 0 Å². The second-order valence-electron chi connectivity index (χ2n) is 4.18. The van der Waals surface area contributed by atoms with Gasteiger partial charge in [-0.05, 0) is 37.6 Å². The van der Waals surface area contributed by atoms with E-state index in [1.165, 1.54) is 6.08 Å². The predicted octanol–water partition coefficient (Wildman–Crippen LogP) is 1.61. The van der Waals surface area contributed by atoms with Crippen LogP contribution in [0.25, 0.3) is 0 Å². The van der Waals surface area contributed by atoms with Gasteiger partial charge < -0.3 is 19.9 Å². The first-order valence-electron chi connectivity index (χ1n) is 6.55. The average molecular weight is 293 g/mol. The molecule has 0 aliphatic rings. The number of hydrogen-bond acceptors (Lipinski definition) is 4. The third-order valence-electron chi connectivity index (χ3n) is 2.54. The number of benzene rings is 1. The highest BCUT2D eigenvalue weighted by molar-refractivity contribution is 5.84. The van der Waals surface area contributed by atoms with Gasteiger partial charge in [-0.3, -0.25) is 4.79 Å². The number of amides is 1. The summed E-state index contributed by atoms with van der Waals surface area (Å²) in [6, 6.07) is 5.83. The van der Waals surface area contributed by atoms with Crippen molar-refractivity contribution < 1.29 is 24.2 Å². The number of ether oxygens (including phenoxy) is 2. The molecule has 1 unspecified atom stereocenters. The zero-order valence-electron chi connectivity index (χ0n) is 11.9. The number of carbonyl (C=O) groups is 2. The molecule has 2 N–H and O–H groups in total. The summed E-state index contributed by atoms with van der Waals surface area (Å²) in [5.41, 5.74) is 0. The van der Waals surface area contributed by atoms with Crippen molar-refractivity contribution in [3.8, 4) is 11.5 Å². The van der Waals surface area contributed by atoms with Crippen LogP contribution in [0.15, 0.2) is 36.9 Å². The Morgan fingerprint density at radius 3 is 2.33 bits per heavy atom. The van der Waals surface area contributed by atoms with Gasteiger partial charge in [0.05, 0.1) is 6.61 Å². The van der Waals surface area contributed by atoms with Crippen molar-refractivity contribution in [2.75, 3.05) is 13.2 Å². The quantitative estimate of drug-likeness (QED) is 0.676. The summed E-state index contributed by atoms with van der Waals surface area (Å²) in [5, 5.41) is 11.3. The standard InChI is InChI=1S/C15H19NO5/c1-3-5-13(15(18)19)16-14(17)10-21-12-8-6-11(7-9-12)20-4-2/h3,6-9,13H,1,4-5,10H2,2H3,(H,16,17)(H,18,19). The molecule has 1 atom stereocenters. The molecule has 0 aliphatic carbocycles. The summed E-state index contributed by atoms with van der Waals surface area (Å²) in [6.07, 6.45) is 1.59. The van der Waals surface area contributed by atoms with E-state index in [9.17, 15) is 9.59 Å². The Bertz CT molecular complexity index is 483. The summed E-state index contributed by atoms with van der Waals surface area (Å²) in [7, 11) is 0. The van der Waals surface area contributed by atoms with Crippen LogP contribution >= 0.6 is 0 Å². The minimum absolute atomic E-state index is 0.157. The SMILES string of the molecule is C=CCC(NC(=O)COc1ccc(OCC)cc1)C(=O)O. The molecule has 0 saturated carbocycles. The van der Waals surface area contributed by atoms with Gasteiger partial charge in [0.1, 0.15) is 17.5 Å². The first kappa shape index (κ1) is 16.6. The van der Waals surface area contributed by atoms with Crippen LogP contribution in [0, 0.1) is 0 Å². The van der Waals surface area contributed by atoms with Crippen LogP contribution in [-0.2, 0) is 9.59 Å². The molecule has 0 aliphatic heterocycles. The Balaban J connectivity index is 2.44. The Labute approximate surface area is 123 Å². The first-order chi connectivity index (χ1) is 10.1. The monoisotopic (exact) mass is 293 g/mol.